The second-order valence-electron chi connectivity index (χ2n) is 5.63. The van der Waals surface area contributed by atoms with Crippen molar-refractivity contribution in [1.29, 1.82) is 0 Å². The normalized spacial score (nSPS) is 11.7. The van der Waals surface area contributed by atoms with Crippen LogP contribution in [0.5, 0.6) is 0 Å². The van der Waals surface area contributed by atoms with Crippen LogP contribution in [0.25, 0.3) is 0 Å². The van der Waals surface area contributed by atoms with Crippen LogP contribution in [-0.4, -0.2) is 40.5 Å². The van der Waals surface area contributed by atoms with Gasteiger partial charge >= 0.3 is 0 Å². The molecule has 0 unspecified atom stereocenters. The molecule has 4 nitrogen and oxygen atoms in total. The summed E-state index contributed by atoms with van der Waals surface area (Å²) in [5, 5.41) is 0. The first-order valence-electron chi connectivity index (χ1n) is 7.31. The molecule has 2 aromatic rings. The number of rotatable bonds is 6. The SMILES string of the molecule is Cc1ccc(F)cc1S(=O)(=O)N(CCN(C)C)c1ccccc1. The Morgan fingerprint density at radius 3 is 2.26 bits per heavy atom. The van der Waals surface area contributed by atoms with E-state index in [1.54, 1.807) is 31.2 Å². The average molecular weight is 336 g/mol. The maximum atomic E-state index is 13.6. The van der Waals surface area contributed by atoms with Gasteiger partial charge in [0.15, 0.2) is 0 Å². The minimum Gasteiger partial charge on any atom is -0.308 e. The summed E-state index contributed by atoms with van der Waals surface area (Å²) in [6, 6.07) is 12.7. The molecule has 2 rings (SSSR count). The Labute approximate surface area is 137 Å². The molecule has 0 bridgehead atoms. The molecule has 23 heavy (non-hydrogen) atoms. The molecular weight excluding hydrogens is 315 g/mol. The maximum absolute atomic E-state index is 13.6. The van der Waals surface area contributed by atoms with Gasteiger partial charge in [-0.2, -0.15) is 0 Å². The summed E-state index contributed by atoms with van der Waals surface area (Å²) in [7, 11) is -0.0799. The van der Waals surface area contributed by atoms with E-state index in [4.69, 9.17) is 0 Å². The van der Waals surface area contributed by atoms with E-state index >= 15 is 0 Å². The number of aryl methyl sites for hydroxylation is 1. The van der Waals surface area contributed by atoms with Crippen molar-refractivity contribution in [3.8, 4) is 0 Å². The highest BCUT2D eigenvalue weighted by atomic mass is 32.2. The summed E-state index contributed by atoms with van der Waals surface area (Å²) in [6.45, 7) is 2.51. The van der Waals surface area contributed by atoms with Gasteiger partial charge in [0.25, 0.3) is 10.0 Å². The molecule has 0 fully saturated rings. The van der Waals surface area contributed by atoms with Gasteiger partial charge in [-0.1, -0.05) is 24.3 Å². The van der Waals surface area contributed by atoms with E-state index < -0.39 is 15.8 Å². The lowest BCUT2D eigenvalue weighted by atomic mass is 10.2. The summed E-state index contributed by atoms with van der Waals surface area (Å²) >= 11 is 0. The van der Waals surface area contributed by atoms with E-state index in [9.17, 15) is 12.8 Å². The monoisotopic (exact) mass is 336 g/mol. The quantitative estimate of drug-likeness (QED) is 0.814. The lowest BCUT2D eigenvalue weighted by Crippen LogP contribution is -2.37. The van der Waals surface area contributed by atoms with Crippen LogP contribution in [-0.2, 0) is 10.0 Å². The smallest absolute Gasteiger partial charge is 0.264 e. The van der Waals surface area contributed by atoms with Gasteiger partial charge in [-0.3, -0.25) is 4.31 Å². The Kier molecular flexibility index (Phi) is 5.38. The fourth-order valence-electron chi connectivity index (χ4n) is 2.24. The third-order valence-electron chi connectivity index (χ3n) is 3.51. The van der Waals surface area contributed by atoms with Gasteiger partial charge in [0.1, 0.15) is 5.82 Å². The molecule has 0 saturated carbocycles. The predicted octanol–water partition coefficient (Wildman–Crippen LogP) is 2.89. The topological polar surface area (TPSA) is 40.6 Å². The predicted molar refractivity (Wildman–Crippen MR) is 90.7 cm³/mol. The molecule has 0 aliphatic heterocycles. The van der Waals surface area contributed by atoms with Crippen molar-refractivity contribution >= 4 is 15.7 Å². The lowest BCUT2D eigenvalue weighted by molar-refractivity contribution is 0.419. The molecular formula is C17H21FN2O2S. The van der Waals surface area contributed by atoms with Crippen molar-refractivity contribution in [2.45, 2.75) is 11.8 Å². The summed E-state index contributed by atoms with van der Waals surface area (Å²) in [5.41, 5.74) is 1.09. The summed E-state index contributed by atoms with van der Waals surface area (Å²) in [6.07, 6.45) is 0. The van der Waals surface area contributed by atoms with Gasteiger partial charge < -0.3 is 4.90 Å². The second kappa shape index (κ2) is 7.10. The first-order valence-corrected chi connectivity index (χ1v) is 8.75. The molecule has 2 aromatic carbocycles. The summed E-state index contributed by atoms with van der Waals surface area (Å²) in [4.78, 5) is 1.91. The third-order valence-corrected chi connectivity index (χ3v) is 5.48. The largest absolute Gasteiger partial charge is 0.308 e. The molecule has 0 heterocycles. The number of hydrogen-bond acceptors (Lipinski definition) is 3. The van der Waals surface area contributed by atoms with Crippen LogP contribution in [0.2, 0.25) is 0 Å². The van der Waals surface area contributed by atoms with Crippen LogP contribution in [0, 0.1) is 12.7 Å². The van der Waals surface area contributed by atoms with Crippen LogP contribution in [0.4, 0.5) is 10.1 Å². The van der Waals surface area contributed by atoms with E-state index in [0.717, 1.165) is 6.07 Å². The van der Waals surface area contributed by atoms with Crippen molar-refractivity contribution in [3.05, 3.63) is 59.9 Å². The molecule has 0 aliphatic carbocycles. The number of sulfonamides is 1. The zero-order chi connectivity index (χ0) is 17.0. The van der Waals surface area contributed by atoms with E-state index in [-0.39, 0.29) is 11.4 Å². The molecule has 0 radical (unpaired) electrons. The number of nitrogens with zero attached hydrogens (tertiary/aromatic N) is 2. The number of anilines is 1. The number of halogens is 1. The zero-order valence-electron chi connectivity index (χ0n) is 13.5. The van der Waals surface area contributed by atoms with Gasteiger partial charge in [-0.15, -0.1) is 0 Å². The van der Waals surface area contributed by atoms with Gasteiger partial charge in [-0.25, -0.2) is 12.8 Å². The van der Waals surface area contributed by atoms with Gasteiger partial charge in [0, 0.05) is 13.1 Å². The first kappa shape index (κ1) is 17.4. The molecule has 0 atom stereocenters. The van der Waals surface area contributed by atoms with Crippen molar-refractivity contribution in [3.63, 3.8) is 0 Å². The Hall–Kier alpha value is -1.92. The Balaban J connectivity index is 2.50. The van der Waals surface area contributed by atoms with Crippen LogP contribution in [0.3, 0.4) is 0 Å². The zero-order valence-corrected chi connectivity index (χ0v) is 14.3. The Morgan fingerprint density at radius 2 is 1.65 bits per heavy atom. The first-order chi connectivity index (χ1) is 10.8. The van der Waals surface area contributed by atoms with Crippen LogP contribution in [0.15, 0.2) is 53.4 Å². The molecule has 0 aliphatic rings. The fourth-order valence-corrected chi connectivity index (χ4v) is 3.94. The molecule has 0 spiro atoms. The van der Waals surface area contributed by atoms with E-state index in [1.807, 2.05) is 25.1 Å². The average Bonchev–Trinajstić information content (AvgIpc) is 2.50. The third kappa shape index (κ3) is 4.09. The van der Waals surface area contributed by atoms with Crippen molar-refractivity contribution < 1.29 is 12.8 Å². The number of likely N-dealkylation sites (N-methyl/N-ethyl adjacent to an activating group) is 1. The minimum atomic E-state index is -3.84. The van der Waals surface area contributed by atoms with E-state index in [0.29, 0.717) is 17.8 Å². The van der Waals surface area contributed by atoms with Gasteiger partial charge in [0.2, 0.25) is 0 Å². The summed E-state index contributed by atoms with van der Waals surface area (Å²) in [5.74, 6) is -0.560. The van der Waals surface area contributed by atoms with E-state index in [1.165, 1.54) is 16.4 Å². The van der Waals surface area contributed by atoms with Crippen LogP contribution in [0.1, 0.15) is 5.56 Å². The molecule has 6 heteroatoms. The highest BCUT2D eigenvalue weighted by Crippen LogP contribution is 2.26. The fraction of sp³-hybridized carbons (Fsp3) is 0.294. The van der Waals surface area contributed by atoms with Crippen molar-refractivity contribution in [2.24, 2.45) is 0 Å². The Bertz CT molecular complexity index is 761. The Morgan fingerprint density at radius 1 is 1.00 bits per heavy atom. The van der Waals surface area contributed by atoms with Gasteiger partial charge in [0.05, 0.1) is 10.6 Å². The van der Waals surface area contributed by atoms with Crippen molar-refractivity contribution in [2.75, 3.05) is 31.5 Å². The number of para-hydroxylation sites is 1. The molecule has 0 aromatic heterocycles. The van der Waals surface area contributed by atoms with Crippen LogP contribution < -0.4 is 4.31 Å². The maximum Gasteiger partial charge on any atom is 0.264 e. The molecule has 124 valence electrons. The number of benzene rings is 2. The number of hydrogen-bond donors (Lipinski definition) is 0. The highest BCUT2D eigenvalue weighted by molar-refractivity contribution is 7.92. The molecule has 0 N–H and O–H groups in total. The summed E-state index contributed by atoms with van der Waals surface area (Å²) < 4.78 is 41.0. The lowest BCUT2D eigenvalue weighted by Gasteiger charge is -2.26. The van der Waals surface area contributed by atoms with Crippen LogP contribution >= 0.6 is 0 Å². The van der Waals surface area contributed by atoms with Crippen molar-refractivity contribution in [1.82, 2.24) is 4.90 Å². The minimum absolute atomic E-state index is 0.000101. The van der Waals surface area contributed by atoms with E-state index in [2.05, 4.69) is 0 Å². The second-order valence-corrected chi connectivity index (χ2v) is 7.46. The standard InChI is InChI=1S/C17H21FN2O2S/c1-14-9-10-15(18)13-17(14)23(21,22)20(12-11-19(2)3)16-7-5-4-6-8-16/h4-10,13H,11-12H2,1-3H3. The molecule has 0 saturated heterocycles. The van der Waals surface area contributed by atoms with Gasteiger partial charge in [-0.05, 0) is 50.8 Å². The highest BCUT2D eigenvalue weighted by Gasteiger charge is 2.26. The molecule has 0 amide bonds.